The molecule has 15 heavy (non-hydrogen) atoms. The Morgan fingerprint density at radius 2 is 2.00 bits per heavy atom. The first kappa shape index (κ1) is 10.9. The van der Waals surface area contributed by atoms with Crippen LogP contribution in [0.2, 0.25) is 0 Å². The van der Waals surface area contributed by atoms with E-state index in [1.165, 1.54) is 32.1 Å². The number of rotatable bonds is 2. The molecule has 0 aromatic rings. The lowest BCUT2D eigenvalue weighted by atomic mass is 9.88. The number of amides is 1. The molecule has 0 radical (unpaired) electrons. The van der Waals surface area contributed by atoms with Crippen molar-refractivity contribution in [2.45, 2.75) is 57.9 Å². The van der Waals surface area contributed by atoms with Gasteiger partial charge < -0.3 is 0 Å². The Bertz CT molecular complexity index is 244. The van der Waals surface area contributed by atoms with Gasteiger partial charge in [0.05, 0.1) is 0 Å². The van der Waals surface area contributed by atoms with Crippen LogP contribution < -0.4 is 5.43 Å². The maximum absolute atomic E-state index is 11.4. The lowest BCUT2D eigenvalue weighted by molar-refractivity contribution is -0.121. The molecule has 1 saturated heterocycles. The number of carbonyl (C=O) groups is 1. The third-order valence-electron chi connectivity index (χ3n) is 3.75. The molecule has 3 heteroatoms. The highest BCUT2D eigenvalue weighted by atomic mass is 16.2. The van der Waals surface area contributed by atoms with Crippen molar-refractivity contribution in [2.75, 3.05) is 6.54 Å². The van der Waals surface area contributed by atoms with Gasteiger partial charge in [-0.1, -0.05) is 19.3 Å². The molecule has 0 unspecified atom stereocenters. The molecule has 1 N–H and O–H groups in total. The highest BCUT2D eigenvalue weighted by molar-refractivity contribution is 5.78. The van der Waals surface area contributed by atoms with Crippen LogP contribution in [0.1, 0.15) is 52.4 Å². The zero-order chi connectivity index (χ0) is 10.9. The van der Waals surface area contributed by atoms with Crippen molar-refractivity contribution in [1.82, 2.24) is 10.4 Å². The first-order chi connectivity index (χ1) is 7.08. The van der Waals surface area contributed by atoms with Gasteiger partial charge in [-0.15, -0.1) is 0 Å². The number of nitrogens with zero attached hydrogens (tertiary/aromatic N) is 1. The zero-order valence-corrected chi connectivity index (χ0v) is 9.88. The zero-order valence-electron chi connectivity index (χ0n) is 9.88. The fourth-order valence-corrected chi connectivity index (χ4v) is 2.75. The van der Waals surface area contributed by atoms with E-state index in [4.69, 9.17) is 0 Å². The van der Waals surface area contributed by atoms with Gasteiger partial charge in [0.2, 0.25) is 5.91 Å². The van der Waals surface area contributed by atoms with Crippen LogP contribution in [0.5, 0.6) is 0 Å². The Kier molecular flexibility index (Phi) is 3.01. The lowest BCUT2D eigenvalue weighted by Gasteiger charge is -2.34. The molecule has 0 atom stereocenters. The molecule has 0 aromatic heterocycles. The molecule has 1 amide bonds. The summed E-state index contributed by atoms with van der Waals surface area (Å²) in [6, 6.07) is 0. The Balaban J connectivity index is 1.90. The van der Waals surface area contributed by atoms with E-state index in [2.05, 4.69) is 24.3 Å². The maximum Gasteiger partial charge on any atom is 0.236 e. The molecule has 1 aliphatic carbocycles. The van der Waals surface area contributed by atoms with Crippen LogP contribution in [0.15, 0.2) is 0 Å². The molecule has 0 spiro atoms. The minimum atomic E-state index is 0.00846. The highest BCUT2D eigenvalue weighted by Crippen LogP contribution is 2.29. The number of hydrogen-bond acceptors (Lipinski definition) is 2. The van der Waals surface area contributed by atoms with Crippen molar-refractivity contribution in [3.05, 3.63) is 0 Å². The van der Waals surface area contributed by atoms with Gasteiger partial charge >= 0.3 is 0 Å². The quantitative estimate of drug-likeness (QED) is 0.757. The Morgan fingerprint density at radius 3 is 2.53 bits per heavy atom. The molecule has 2 rings (SSSR count). The van der Waals surface area contributed by atoms with Crippen LogP contribution in [0, 0.1) is 5.92 Å². The summed E-state index contributed by atoms with van der Waals surface area (Å²) in [6.45, 7) is 5.33. The molecular formula is C12H22N2O. The van der Waals surface area contributed by atoms with Gasteiger partial charge in [0.25, 0.3) is 0 Å². The molecular weight excluding hydrogens is 188 g/mol. The first-order valence-corrected chi connectivity index (χ1v) is 6.15. The van der Waals surface area contributed by atoms with Gasteiger partial charge in [-0.3, -0.25) is 10.2 Å². The van der Waals surface area contributed by atoms with Gasteiger partial charge in [-0.2, -0.15) is 0 Å². The normalized spacial score (nSPS) is 28.0. The monoisotopic (exact) mass is 210 g/mol. The van der Waals surface area contributed by atoms with Crippen molar-refractivity contribution >= 4 is 5.91 Å². The van der Waals surface area contributed by atoms with E-state index in [1.54, 1.807) is 0 Å². The van der Waals surface area contributed by atoms with Gasteiger partial charge in [0.15, 0.2) is 0 Å². The summed E-state index contributed by atoms with van der Waals surface area (Å²) in [5, 5.41) is 2.16. The molecule has 1 heterocycles. The van der Waals surface area contributed by atoms with E-state index in [1.807, 2.05) is 0 Å². The summed E-state index contributed by atoms with van der Waals surface area (Å²) in [5.41, 5.74) is 2.99. The van der Waals surface area contributed by atoms with Crippen LogP contribution in [-0.2, 0) is 4.79 Å². The molecule has 86 valence electrons. The van der Waals surface area contributed by atoms with E-state index in [-0.39, 0.29) is 11.4 Å². The topological polar surface area (TPSA) is 32.3 Å². The summed E-state index contributed by atoms with van der Waals surface area (Å²) in [6.07, 6.45) is 7.44. The van der Waals surface area contributed by atoms with Crippen molar-refractivity contribution in [1.29, 1.82) is 0 Å². The molecule has 2 aliphatic rings. The second-order valence-electron chi connectivity index (χ2n) is 5.64. The summed E-state index contributed by atoms with van der Waals surface area (Å²) in [4.78, 5) is 11.4. The van der Waals surface area contributed by atoms with E-state index in [0.717, 1.165) is 12.5 Å². The standard InChI is InChI=1S/C12H22N2O/c1-12(2)8-11(15)13-14(12)9-10-6-4-3-5-7-10/h10H,3-9H2,1-2H3,(H,13,15). The molecule has 1 aliphatic heterocycles. The summed E-state index contributed by atoms with van der Waals surface area (Å²) >= 11 is 0. The van der Waals surface area contributed by atoms with Crippen LogP contribution in [0.25, 0.3) is 0 Å². The fraction of sp³-hybridized carbons (Fsp3) is 0.917. The number of carbonyl (C=O) groups excluding carboxylic acids is 1. The van der Waals surface area contributed by atoms with Crippen molar-refractivity contribution in [3.63, 3.8) is 0 Å². The predicted octanol–water partition coefficient (Wildman–Crippen LogP) is 2.08. The molecule has 1 saturated carbocycles. The minimum Gasteiger partial charge on any atom is -0.288 e. The molecule has 3 nitrogen and oxygen atoms in total. The van der Waals surface area contributed by atoms with Crippen molar-refractivity contribution in [3.8, 4) is 0 Å². The van der Waals surface area contributed by atoms with Gasteiger partial charge in [-0.05, 0) is 32.6 Å². The maximum atomic E-state index is 11.4. The Morgan fingerprint density at radius 1 is 1.33 bits per heavy atom. The van der Waals surface area contributed by atoms with Crippen LogP contribution in [-0.4, -0.2) is 23.0 Å². The van der Waals surface area contributed by atoms with Crippen LogP contribution in [0.4, 0.5) is 0 Å². The minimum absolute atomic E-state index is 0.00846. The molecule has 0 aromatic carbocycles. The second kappa shape index (κ2) is 4.12. The Labute approximate surface area is 92.2 Å². The highest BCUT2D eigenvalue weighted by Gasteiger charge is 2.38. The Hall–Kier alpha value is -0.570. The molecule has 0 bridgehead atoms. The third-order valence-corrected chi connectivity index (χ3v) is 3.75. The van der Waals surface area contributed by atoms with E-state index in [0.29, 0.717) is 6.42 Å². The van der Waals surface area contributed by atoms with Crippen LogP contribution >= 0.6 is 0 Å². The van der Waals surface area contributed by atoms with Crippen molar-refractivity contribution in [2.24, 2.45) is 5.92 Å². The fourth-order valence-electron chi connectivity index (χ4n) is 2.75. The smallest absolute Gasteiger partial charge is 0.236 e. The number of hydrazine groups is 1. The average Bonchev–Trinajstić information content (AvgIpc) is 2.41. The third kappa shape index (κ3) is 2.51. The predicted molar refractivity (Wildman–Crippen MR) is 60.1 cm³/mol. The first-order valence-electron chi connectivity index (χ1n) is 6.15. The SMILES string of the molecule is CC1(C)CC(=O)NN1CC1CCCCC1. The summed E-state index contributed by atoms with van der Waals surface area (Å²) in [7, 11) is 0. The molecule has 2 fully saturated rings. The van der Waals surface area contributed by atoms with Gasteiger partial charge in [0.1, 0.15) is 0 Å². The van der Waals surface area contributed by atoms with E-state index in [9.17, 15) is 4.79 Å². The van der Waals surface area contributed by atoms with Gasteiger partial charge in [0, 0.05) is 18.5 Å². The van der Waals surface area contributed by atoms with Crippen LogP contribution in [0.3, 0.4) is 0 Å². The summed E-state index contributed by atoms with van der Waals surface area (Å²) < 4.78 is 0. The number of hydrogen-bond donors (Lipinski definition) is 1. The average molecular weight is 210 g/mol. The second-order valence-corrected chi connectivity index (χ2v) is 5.64. The van der Waals surface area contributed by atoms with E-state index < -0.39 is 0 Å². The largest absolute Gasteiger partial charge is 0.288 e. The summed E-state index contributed by atoms with van der Waals surface area (Å²) in [5.74, 6) is 0.965. The van der Waals surface area contributed by atoms with Crippen molar-refractivity contribution < 1.29 is 4.79 Å². The van der Waals surface area contributed by atoms with E-state index >= 15 is 0 Å². The lowest BCUT2D eigenvalue weighted by Crippen LogP contribution is -2.47. The van der Waals surface area contributed by atoms with Gasteiger partial charge in [-0.25, -0.2) is 5.01 Å². The number of nitrogens with one attached hydrogen (secondary N) is 1.